The zero-order valence-electron chi connectivity index (χ0n) is 11.8. The zero-order chi connectivity index (χ0) is 14.7. The maximum atomic E-state index is 11.6. The third-order valence-corrected chi connectivity index (χ3v) is 3.34. The predicted octanol–water partition coefficient (Wildman–Crippen LogP) is 1.75. The number of hydrogen-bond donors (Lipinski definition) is 2. The van der Waals surface area contributed by atoms with Crippen LogP contribution in [0.5, 0.6) is 0 Å². The quantitative estimate of drug-likeness (QED) is 0.815. The summed E-state index contributed by atoms with van der Waals surface area (Å²) < 4.78 is 10.3. The summed E-state index contributed by atoms with van der Waals surface area (Å²) in [6.07, 6.45) is -0.832. The van der Waals surface area contributed by atoms with Gasteiger partial charge in [0.15, 0.2) is 0 Å². The Morgan fingerprint density at radius 3 is 2.80 bits per heavy atom. The lowest BCUT2D eigenvalue weighted by molar-refractivity contribution is -0.145. The molecule has 0 saturated heterocycles. The number of carbonyl (C=O) groups excluding carboxylic acids is 1. The molecular weight excluding hydrogens is 258 g/mol. The van der Waals surface area contributed by atoms with Crippen LogP contribution in [-0.4, -0.2) is 30.3 Å². The molecule has 2 unspecified atom stereocenters. The molecule has 0 radical (unpaired) electrons. The highest BCUT2D eigenvalue weighted by Gasteiger charge is 2.24. The van der Waals surface area contributed by atoms with Crippen LogP contribution in [0.15, 0.2) is 28.7 Å². The van der Waals surface area contributed by atoms with Gasteiger partial charge in [0.1, 0.15) is 17.4 Å². The molecule has 2 N–H and O–H groups in total. The first-order chi connectivity index (χ1) is 9.54. The molecule has 0 fully saturated rings. The number of rotatable bonds is 5. The highest BCUT2D eigenvalue weighted by atomic mass is 16.5. The Morgan fingerprint density at radius 2 is 2.15 bits per heavy atom. The number of fused-ring (bicyclic) bond motifs is 1. The van der Waals surface area contributed by atoms with Gasteiger partial charge in [0.05, 0.1) is 13.2 Å². The van der Waals surface area contributed by atoms with Gasteiger partial charge < -0.3 is 14.3 Å². The van der Waals surface area contributed by atoms with Crippen LogP contribution < -0.4 is 5.32 Å². The number of esters is 1. The van der Waals surface area contributed by atoms with E-state index in [1.807, 2.05) is 31.2 Å². The molecule has 108 valence electrons. The molecule has 0 aliphatic heterocycles. The minimum atomic E-state index is -0.832. The van der Waals surface area contributed by atoms with Crippen LogP contribution in [0.1, 0.15) is 18.2 Å². The molecule has 0 bridgehead atoms. The second-order valence-electron chi connectivity index (χ2n) is 4.76. The van der Waals surface area contributed by atoms with Gasteiger partial charge in [0.25, 0.3) is 0 Å². The van der Waals surface area contributed by atoms with Gasteiger partial charge in [-0.2, -0.15) is 0 Å². The lowest BCUT2D eigenvalue weighted by atomic mass is 10.1. The number of carbonyl (C=O) groups is 1. The van der Waals surface area contributed by atoms with E-state index in [0.717, 1.165) is 22.3 Å². The van der Waals surface area contributed by atoms with Crippen molar-refractivity contribution >= 4 is 16.9 Å². The van der Waals surface area contributed by atoms with Crippen LogP contribution in [0, 0.1) is 6.92 Å². The molecule has 20 heavy (non-hydrogen) atoms. The molecule has 0 saturated carbocycles. The van der Waals surface area contributed by atoms with Crippen LogP contribution in [0.3, 0.4) is 0 Å². The molecule has 0 spiro atoms. The van der Waals surface area contributed by atoms with Crippen molar-refractivity contribution in [2.45, 2.75) is 32.5 Å². The van der Waals surface area contributed by atoms with Crippen LogP contribution in [0.25, 0.3) is 11.0 Å². The molecule has 1 aromatic heterocycles. The van der Waals surface area contributed by atoms with Crippen molar-refractivity contribution in [3.8, 4) is 0 Å². The molecule has 2 atom stereocenters. The number of ether oxygens (including phenoxy) is 1. The smallest absolute Gasteiger partial charge is 0.325 e. The summed E-state index contributed by atoms with van der Waals surface area (Å²) in [5.74, 6) is 0.318. The number of benzene rings is 1. The number of nitrogens with one attached hydrogen (secondary N) is 1. The summed E-state index contributed by atoms with van der Waals surface area (Å²) in [4.78, 5) is 11.6. The van der Waals surface area contributed by atoms with E-state index in [-0.39, 0.29) is 0 Å². The van der Waals surface area contributed by atoms with Gasteiger partial charge in [-0.1, -0.05) is 18.2 Å². The maximum absolute atomic E-state index is 11.6. The number of para-hydroxylation sites is 1. The van der Waals surface area contributed by atoms with E-state index < -0.39 is 18.1 Å². The summed E-state index contributed by atoms with van der Waals surface area (Å²) >= 11 is 0. The second-order valence-corrected chi connectivity index (χ2v) is 4.76. The van der Waals surface area contributed by atoms with E-state index in [4.69, 9.17) is 4.42 Å². The van der Waals surface area contributed by atoms with Gasteiger partial charge in [-0.25, -0.2) is 0 Å². The lowest BCUT2D eigenvalue weighted by Crippen LogP contribution is -2.45. The minimum absolute atomic E-state index is 0.424. The van der Waals surface area contributed by atoms with Crippen molar-refractivity contribution < 1.29 is 19.1 Å². The van der Waals surface area contributed by atoms with Crippen LogP contribution in [-0.2, 0) is 16.1 Å². The Kier molecular flexibility index (Phi) is 4.42. The SMILES string of the molecule is COC(=O)C(NCc1c(C)oc2ccccc12)C(C)O. The Balaban J connectivity index is 2.20. The largest absolute Gasteiger partial charge is 0.468 e. The van der Waals surface area contributed by atoms with Crippen LogP contribution in [0.2, 0.25) is 0 Å². The normalized spacial score (nSPS) is 14.2. The molecule has 5 heteroatoms. The molecule has 0 aliphatic rings. The first kappa shape index (κ1) is 14.6. The molecule has 5 nitrogen and oxygen atoms in total. The van der Waals surface area contributed by atoms with E-state index in [1.165, 1.54) is 7.11 Å². The van der Waals surface area contributed by atoms with Crippen molar-refractivity contribution in [2.24, 2.45) is 0 Å². The standard InChI is InChI=1S/C15H19NO4/c1-9(17)14(15(18)19-3)16-8-12-10(2)20-13-7-5-4-6-11(12)13/h4-7,9,14,16-17H,8H2,1-3H3. The van der Waals surface area contributed by atoms with E-state index in [0.29, 0.717) is 6.54 Å². The average Bonchev–Trinajstić information content (AvgIpc) is 2.74. The number of methoxy groups -OCH3 is 1. The molecule has 1 aromatic carbocycles. The van der Waals surface area contributed by atoms with Crippen molar-refractivity contribution in [1.82, 2.24) is 5.32 Å². The van der Waals surface area contributed by atoms with E-state index in [9.17, 15) is 9.90 Å². The van der Waals surface area contributed by atoms with Gasteiger partial charge in [0, 0.05) is 17.5 Å². The maximum Gasteiger partial charge on any atom is 0.325 e. The van der Waals surface area contributed by atoms with Crippen molar-refractivity contribution in [3.05, 3.63) is 35.6 Å². The fourth-order valence-corrected chi connectivity index (χ4v) is 2.23. The van der Waals surface area contributed by atoms with Crippen molar-refractivity contribution in [1.29, 1.82) is 0 Å². The first-order valence-electron chi connectivity index (χ1n) is 6.51. The van der Waals surface area contributed by atoms with Crippen LogP contribution in [0.4, 0.5) is 0 Å². The van der Waals surface area contributed by atoms with E-state index in [1.54, 1.807) is 6.92 Å². The zero-order valence-corrected chi connectivity index (χ0v) is 11.8. The molecule has 0 aliphatic carbocycles. The fraction of sp³-hybridized carbons (Fsp3) is 0.400. The van der Waals surface area contributed by atoms with E-state index >= 15 is 0 Å². The lowest BCUT2D eigenvalue weighted by Gasteiger charge is -2.18. The van der Waals surface area contributed by atoms with Gasteiger partial charge in [-0.15, -0.1) is 0 Å². The third kappa shape index (κ3) is 2.84. The Hall–Kier alpha value is -1.85. The fourth-order valence-electron chi connectivity index (χ4n) is 2.23. The van der Waals surface area contributed by atoms with Crippen molar-refractivity contribution in [2.75, 3.05) is 7.11 Å². The topological polar surface area (TPSA) is 71.7 Å². The van der Waals surface area contributed by atoms with E-state index in [2.05, 4.69) is 10.1 Å². The predicted molar refractivity (Wildman–Crippen MR) is 75.3 cm³/mol. The molecule has 0 amide bonds. The van der Waals surface area contributed by atoms with Crippen molar-refractivity contribution in [3.63, 3.8) is 0 Å². The Morgan fingerprint density at radius 1 is 1.45 bits per heavy atom. The monoisotopic (exact) mass is 277 g/mol. The summed E-state index contributed by atoms with van der Waals surface area (Å²) in [6.45, 7) is 3.86. The highest BCUT2D eigenvalue weighted by molar-refractivity contribution is 5.82. The summed E-state index contributed by atoms with van der Waals surface area (Å²) in [5, 5.41) is 13.7. The summed E-state index contributed by atoms with van der Waals surface area (Å²) in [6, 6.07) is 6.97. The third-order valence-electron chi connectivity index (χ3n) is 3.34. The number of furan rings is 1. The average molecular weight is 277 g/mol. The first-order valence-corrected chi connectivity index (χ1v) is 6.51. The second kappa shape index (κ2) is 6.07. The molecular formula is C15H19NO4. The van der Waals surface area contributed by atoms with Crippen LogP contribution >= 0.6 is 0 Å². The van der Waals surface area contributed by atoms with Gasteiger partial charge in [-0.05, 0) is 19.9 Å². The molecule has 2 aromatic rings. The minimum Gasteiger partial charge on any atom is -0.468 e. The number of aliphatic hydroxyl groups is 1. The van der Waals surface area contributed by atoms with Gasteiger partial charge in [-0.3, -0.25) is 10.1 Å². The number of aryl methyl sites for hydroxylation is 1. The summed E-state index contributed by atoms with van der Waals surface area (Å²) in [5.41, 5.74) is 1.80. The molecule has 1 heterocycles. The number of hydrogen-bond acceptors (Lipinski definition) is 5. The summed E-state index contributed by atoms with van der Waals surface area (Å²) in [7, 11) is 1.30. The number of aliphatic hydroxyl groups excluding tert-OH is 1. The Labute approximate surface area is 117 Å². The van der Waals surface area contributed by atoms with Gasteiger partial charge in [0.2, 0.25) is 0 Å². The Bertz CT molecular complexity index is 603. The van der Waals surface area contributed by atoms with Gasteiger partial charge >= 0.3 is 5.97 Å². The molecule has 2 rings (SSSR count). The highest BCUT2D eigenvalue weighted by Crippen LogP contribution is 2.25.